The number of rotatable bonds is 4. The summed E-state index contributed by atoms with van der Waals surface area (Å²) in [6.07, 6.45) is 5.10. The molecule has 0 saturated carbocycles. The summed E-state index contributed by atoms with van der Waals surface area (Å²) in [5, 5.41) is 0.931. The van der Waals surface area contributed by atoms with Crippen LogP contribution in [0.25, 0.3) is 10.9 Å². The number of aromatic nitrogens is 1. The molecule has 2 saturated heterocycles. The van der Waals surface area contributed by atoms with E-state index in [1.807, 2.05) is 23.1 Å². The maximum Gasteiger partial charge on any atom is 0.253 e. The Bertz CT molecular complexity index is 1170. The molecule has 0 aliphatic carbocycles. The molecule has 2 fully saturated rings. The lowest BCUT2D eigenvalue weighted by atomic mass is 9.97. The highest BCUT2D eigenvalue weighted by Gasteiger charge is 2.33. The monoisotopic (exact) mass is 486 g/mol. The van der Waals surface area contributed by atoms with Crippen molar-refractivity contribution in [3.8, 4) is 0 Å². The van der Waals surface area contributed by atoms with Crippen LogP contribution >= 0.6 is 0 Å². The topological polar surface area (TPSA) is 65.9 Å². The quantitative estimate of drug-likeness (QED) is 0.664. The van der Waals surface area contributed by atoms with Crippen LogP contribution in [0.1, 0.15) is 61.1 Å². The molecular formula is C26H38N4O3S. The van der Waals surface area contributed by atoms with Gasteiger partial charge in [0.15, 0.2) is 0 Å². The summed E-state index contributed by atoms with van der Waals surface area (Å²) in [7, 11) is -1.26. The summed E-state index contributed by atoms with van der Waals surface area (Å²) >= 11 is 0. The fourth-order valence-electron chi connectivity index (χ4n) is 5.98. The molecule has 186 valence electrons. The Hall–Kier alpha value is -1.90. The van der Waals surface area contributed by atoms with Gasteiger partial charge in [-0.2, -0.15) is 0 Å². The third-order valence-electron chi connectivity index (χ3n) is 8.30. The maximum atomic E-state index is 13.3. The van der Waals surface area contributed by atoms with Gasteiger partial charge < -0.3 is 9.80 Å². The SMILES string of the molecule is CCS(=O)(=O)n1c2c(c3cc(C(=O)N4CCC(C)CC4)ccc31)CN(C1CCN(C)CC1)CC2. The number of nitrogens with zero attached hydrogens (tertiary/aromatic N) is 4. The third-order valence-corrected chi connectivity index (χ3v) is 10.00. The first kappa shape index (κ1) is 23.8. The Morgan fingerprint density at radius 3 is 2.41 bits per heavy atom. The van der Waals surface area contributed by atoms with E-state index >= 15 is 0 Å². The normalized spacial score (nSPS) is 21.8. The molecule has 3 aliphatic heterocycles. The van der Waals surface area contributed by atoms with Gasteiger partial charge in [-0.25, -0.2) is 12.4 Å². The van der Waals surface area contributed by atoms with Crippen molar-refractivity contribution < 1.29 is 13.2 Å². The lowest BCUT2D eigenvalue weighted by Crippen LogP contribution is -2.45. The summed E-state index contributed by atoms with van der Waals surface area (Å²) < 4.78 is 27.8. The fraction of sp³-hybridized carbons (Fsp3) is 0.654. The minimum absolute atomic E-state index is 0.0640. The number of benzene rings is 1. The summed E-state index contributed by atoms with van der Waals surface area (Å²) in [5.74, 6) is 0.795. The molecule has 2 aromatic rings. The Labute approximate surface area is 203 Å². The molecule has 5 rings (SSSR count). The van der Waals surface area contributed by atoms with Gasteiger partial charge in [0, 0.05) is 55.3 Å². The zero-order valence-corrected chi connectivity index (χ0v) is 21.6. The Morgan fingerprint density at radius 2 is 1.74 bits per heavy atom. The Morgan fingerprint density at radius 1 is 1.03 bits per heavy atom. The molecule has 0 spiro atoms. The molecule has 0 radical (unpaired) electrons. The number of fused-ring (bicyclic) bond motifs is 3. The predicted octanol–water partition coefficient (Wildman–Crippen LogP) is 3.16. The van der Waals surface area contributed by atoms with Crippen LogP contribution in [0.2, 0.25) is 0 Å². The van der Waals surface area contributed by atoms with Crippen LogP contribution < -0.4 is 0 Å². The minimum Gasteiger partial charge on any atom is -0.339 e. The molecule has 0 bridgehead atoms. The van der Waals surface area contributed by atoms with Crippen molar-refractivity contribution in [1.29, 1.82) is 0 Å². The van der Waals surface area contributed by atoms with Crippen LogP contribution in [0, 0.1) is 5.92 Å². The van der Waals surface area contributed by atoms with Crippen molar-refractivity contribution in [2.75, 3.05) is 45.5 Å². The predicted molar refractivity (Wildman–Crippen MR) is 136 cm³/mol. The second-order valence-corrected chi connectivity index (χ2v) is 12.7. The van der Waals surface area contributed by atoms with Gasteiger partial charge >= 0.3 is 0 Å². The van der Waals surface area contributed by atoms with Crippen LogP contribution in [0.5, 0.6) is 0 Å². The second kappa shape index (κ2) is 9.28. The lowest BCUT2D eigenvalue weighted by molar-refractivity contribution is 0.0697. The Kier molecular flexibility index (Phi) is 6.50. The van der Waals surface area contributed by atoms with E-state index in [-0.39, 0.29) is 11.7 Å². The van der Waals surface area contributed by atoms with Crippen LogP contribution in [0.4, 0.5) is 0 Å². The summed E-state index contributed by atoms with van der Waals surface area (Å²) in [4.78, 5) is 20.2. The number of likely N-dealkylation sites (tertiary alicyclic amines) is 2. The number of hydrogen-bond donors (Lipinski definition) is 0. The van der Waals surface area contributed by atoms with Crippen LogP contribution in [0.3, 0.4) is 0 Å². The average Bonchev–Trinajstić information content (AvgIpc) is 3.18. The molecule has 8 heteroatoms. The highest BCUT2D eigenvalue weighted by molar-refractivity contribution is 7.90. The van der Waals surface area contributed by atoms with Crippen molar-refractivity contribution in [3.05, 3.63) is 35.0 Å². The maximum absolute atomic E-state index is 13.3. The molecule has 3 aliphatic rings. The summed E-state index contributed by atoms with van der Waals surface area (Å²) in [6.45, 7) is 9.39. The van der Waals surface area contributed by atoms with E-state index in [2.05, 4.69) is 23.8 Å². The molecule has 4 heterocycles. The van der Waals surface area contributed by atoms with E-state index in [9.17, 15) is 13.2 Å². The number of carbonyl (C=O) groups is 1. The molecular weight excluding hydrogens is 448 g/mol. The van der Waals surface area contributed by atoms with Gasteiger partial charge in [-0.05, 0) is 82.4 Å². The molecule has 1 amide bonds. The van der Waals surface area contributed by atoms with E-state index in [0.29, 0.717) is 17.5 Å². The van der Waals surface area contributed by atoms with E-state index in [4.69, 9.17) is 0 Å². The molecule has 0 atom stereocenters. The highest BCUT2D eigenvalue weighted by Crippen LogP contribution is 2.35. The van der Waals surface area contributed by atoms with E-state index in [1.165, 1.54) is 0 Å². The number of piperidine rings is 2. The van der Waals surface area contributed by atoms with Gasteiger partial charge in [0.25, 0.3) is 5.91 Å². The molecule has 34 heavy (non-hydrogen) atoms. The molecule has 0 unspecified atom stereocenters. The van der Waals surface area contributed by atoms with Gasteiger partial charge in [-0.3, -0.25) is 9.69 Å². The van der Waals surface area contributed by atoms with Crippen molar-refractivity contribution in [3.63, 3.8) is 0 Å². The molecule has 1 aromatic carbocycles. The minimum atomic E-state index is -3.44. The fourth-order valence-corrected chi connectivity index (χ4v) is 7.24. The molecule has 0 N–H and O–H groups in total. The first-order valence-electron chi connectivity index (χ1n) is 12.9. The van der Waals surface area contributed by atoms with E-state index in [1.54, 1.807) is 10.9 Å². The van der Waals surface area contributed by atoms with Gasteiger partial charge in [0.2, 0.25) is 10.0 Å². The Balaban J connectivity index is 1.53. The molecule has 7 nitrogen and oxygen atoms in total. The van der Waals surface area contributed by atoms with Gasteiger partial charge in [-0.15, -0.1) is 0 Å². The zero-order chi connectivity index (χ0) is 24.0. The van der Waals surface area contributed by atoms with Crippen molar-refractivity contribution in [2.45, 2.75) is 58.5 Å². The van der Waals surface area contributed by atoms with Crippen molar-refractivity contribution in [2.24, 2.45) is 5.92 Å². The van der Waals surface area contributed by atoms with Crippen LogP contribution in [-0.4, -0.2) is 84.6 Å². The zero-order valence-electron chi connectivity index (χ0n) is 20.8. The van der Waals surface area contributed by atoms with Crippen molar-refractivity contribution >= 4 is 26.8 Å². The largest absolute Gasteiger partial charge is 0.339 e. The van der Waals surface area contributed by atoms with Crippen molar-refractivity contribution in [1.82, 2.24) is 18.7 Å². The lowest BCUT2D eigenvalue weighted by Gasteiger charge is -2.39. The van der Waals surface area contributed by atoms with E-state index in [0.717, 1.165) is 93.5 Å². The van der Waals surface area contributed by atoms with Gasteiger partial charge in [0.05, 0.1) is 11.3 Å². The van der Waals surface area contributed by atoms with Gasteiger partial charge in [-0.1, -0.05) is 6.92 Å². The first-order valence-corrected chi connectivity index (χ1v) is 14.5. The van der Waals surface area contributed by atoms with Crippen LogP contribution in [-0.2, 0) is 23.0 Å². The number of carbonyl (C=O) groups excluding carboxylic acids is 1. The average molecular weight is 487 g/mol. The smallest absolute Gasteiger partial charge is 0.253 e. The molecule has 1 aromatic heterocycles. The van der Waals surface area contributed by atoms with E-state index < -0.39 is 10.0 Å². The number of amides is 1. The third kappa shape index (κ3) is 4.29. The highest BCUT2D eigenvalue weighted by atomic mass is 32.2. The summed E-state index contributed by atoms with van der Waals surface area (Å²) in [6, 6.07) is 6.19. The number of hydrogen-bond acceptors (Lipinski definition) is 5. The van der Waals surface area contributed by atoms with Gasteiger partial charge in [0.1, 0.15) is 0 Å². The summed E-state index contributed by atoms with van der Waals surface area (Å²) in [5.41, 5.74) is 3.41. The first-order chi connectivity index (χ1) is 16.3. The standard InChI is InChI=1S/C26H38N4O3S/c1-4-34(32,33)30-24-6-5-20(26(31)28-14-7-19(2)8-15-28)17-22(24)23-18-29(16-11-25(23)30)21-9-12-27(3)13-10-21/h5-6,17,19,21H,4,7-16,18H2,1-3H3. The second-order valence-electron chi connectivity index (χ2n) is 10.6. The van der Waals surface area contributed by atoms with Crippen LogP contribution in [0.15, 0.2) is 18.2 Å².